The van der Waals surface area contributed by atoms with Crippen LogP contribution in [0.1, 0.15) is 37.8 Å². The van der Waals surface area contributed by atoms with E-state index in [2.05, 4.69) is 15.4 Å². The molecule has 2 amide bonds. The Morgan fingerprint density at radius 2 is 1.70 bits per heavy atom. The summed E-state index contributed by atoms with van der Waals surface area (Å²) in [6.07, 6.45) is 1.41. The third kappa shape index (κ3) is 7.80. The largest absolute Gasteiger partial charge is 0.495 e. The van der Waals surface area contributed by atoms with E-state index in [1.54, 1.807) is 60.7 Å². The van der Waals surface area contributed by atoms with Crippen molar-refractivity contribution < 1.29 is 27.9 Å². The van der Waals surface area contributed by atoms with Gasteiger partial charge in [0.15, 0.2) is 0 Å². The van der Waals surface area contributed by atoms with Crippen LogP contribution in [0.15, 0.2) is 77.7 Å². The van der Waals surface area contributed by atoms with E-state index in [0.717, 1.165) is 12.8 Å². The maximum Gasteiger partial charge on any atom is 0.319 e. The summed E-state index contributed by atoms with van der Waals surface area (Å²) in [6, 6.07) is 19.0. The van der Waals surface area contributed by atoms with E-state index in [1.807, 2.05) is 6.92 Å². The van der Waals surface area contributed by atoms with Crippen LogP contribution in [0.25, 0.3) is 11.1 Å². The molecule has 9 nitrogen and oxygen atoms in total. The van der Waals surface area contributed by atoms with Crippen LogP contribution in [0.2, 0.25) is 0 Å². The fourth-order valence-electron chi connectivity index (χ4n) is 3.74. The van der Waals surface area contributed by atoms with E-state index < -0.39 is 28.5 Å². The van der Waals surface area contributed by atoms with Crippen LogP contribution < -0.4 is 20.1 Å². The molecule has 0 saturated heterocycles. The number of carboxylic acid groups (broad SMARTS) is 1. The molecular formula is C27H31N3O6S. The fourth-order valence-corrected chi connectivity index (χ4v) is 5.15. The lowest BCUT2D eigenvalue weighted by atomic mass is 10.0. The van der Waals surface area contributed by atoms with Crippen LogP contribution >= 0.6 is 0 Å². The van der Waals surface area contributed by atoms with Crippen molar-refractivity contribution in [3.8, 4) is 16.9 Å². The quantitative estimate of drug-likeness (QED) is 0.252. The summed E-state index contributed by atoms with van der Waals surface area (Å²) in [4.78, 5) is 23.5. The van der Waals surface area contributed by atoms with Crippen molar-refractivity contribution in [3.63, 3.8) is 0 Å². The van der Waals surface area contributed by atoms with Crippen molar-refractivity contribution in [1.82, 2.24) is 10.0 Å². The lowest BCUT2D eigenvalue weighted by molar-refractivity contribution is -0.137. The number of methoxy groups -OCH3 is 1. The Morgan fingerprint density at radius 3 is 2.38 bits per heavy atom. The van der Waals surface area contributed by atoms with Crippen molar-refractivity contribution >= 4 is 27.7 Å². The Hall–Kier alpha value is -3.89. The molecule has 0 radical (unpaired) electrons. The predicted molar refractivity (Wildman–Crippen MR) is 142 cm³/mol. The number of aliphatic carboxylic acids is 1. The number of urea groups is 1. The molecule has 1 unspecified atom stereocenters. The summed E-state index contributed by atoms with van der Waals surface area (Å²) < 4.78 is 34.7. The lowest BCUT2D eigenvalue weighted by Crippen LogP contribution is -2.30. The normalized spacial score (nSPS) is 11.9. The number of hydrogen-bond donors (Lipinski definition) is 4. The highest BCUT2D eigenvalue weighted by molar-refractivity contribution is 7.89. The SMILES string of the molecule is CCCCNC(=O)Nc1cccc(-c2ccc(OC)c(S(=O)(=O)NC(CC(=O)O)c3ccccc3)c2)c1. The van der Waals surface area contributed by atoms with Gasteiger partial charge in [0.25, 0.3) is 0 Å². The van der Waals surface area contributed by atoms with Crippen molar-refractivity contribution in [2.24, 2.45) is 0 Å². The molecule has 1 atom stereocenters. The van der Waals surface area contributed by atoms with Crippen LogP contribution in [-0.4, -0.2) is 39.2 Å². The van der Waals surface area contributed by atoms with Crippen molar-refractivity contribution in [1.29, 1.82) is 0 Å². The molecule has 10 heteroatoms. The van der Waals surface area contributed by atoms with Gasteiger partial charge < -0.3 is 20.5 Å². The van der Waals surface area contributed by atoms with Crippen LogP contribution in [0.5, 0.6) is 5.75 Å². The Kier molecular flexibility index (Phi) is 9.64. The number of carbonyl (C=O) groups is 2. The molecule has 0 aliphatic rings. The van der Waals surface area contributed by atoms with Gasteiger partial charge >= 0.3 is 12.0 Å². The summed E-state index contributed by atoms with van der Waals surface area (Å²) >= 11 is 0. The van der Waals surface area contributed by atoms with Crippen LogP contribution in [0.4, 0.5) is 10.5 Å². The van der Waals surface area contributed by atoms with Gasteiger partial charge in [-0.05, 0) is 47.4 Å². The van der Waals surface area contributed by atoms with Gasteiger partial charge in [0.1, 0.15) is 10.6 Å². The minimum absolute atomic E-state index is 0.114. The molecule has 3 aromatic carbocycles. The van der Waals surface area contributed by atoms with Gasteiger partial charge in [0.05, 0.1) is 19.6 Å². The van der Waals surface area contributed by atoms with E-state index in [-0.39, 0.29) is 16.7 Å². The average molecular weight is 526 g/mol. The number of sulfonamides is 1. The zero-order valence-corrected chi connectivity index (χ0v) is 21.5. The summed E-state index contributed by atoms with van der Waals surface area (Å²) in [5, 5.41) is 14.9. The van der Waals surface area contributed by atoms with E-state index in [4.69, 9.17) is 4.74 Å². The third-order valence-corrected chi connectivity index (χ3v) is 7.09. The smallest absolute Gasteiger partial charge is 0.319 e. The maximum atomic E-state index is 13.4. The third-order valence-electron chi connectivity index (χ3n) is 5.60. The lowest BCUT2D eigenvalue weighted by Gasteiger charge is -2.19. The monoisotopic (exact) mass is 525 g/mol. The molecule has 0 fully saturated rings. The molecule has 0 saturated carbocycles. The highest BCUT2D eigenvalue weighted by Gasteiger charge is 2.26. The second kappa shape index (κ2) is 12.9. The molecule has 37 heavy (non-hydrogen) atoms. The highest BCUT2D eigenvalue weighted by atomic mass is 32.2. The van der Waals surface area contributed by atoms with E-state index in [1.165, 1.54) is 19.2 Å². The van der Waals surface area contributed by atoms with E-state index >= 15 is 0 Å². The summed E-state index contributed by atoms with van der Waals surface area (Å²) in [6.45, 7) is 2.61. The minimum Gasteiger partial charge on any atom is -0.495 e. The summed E-state index contributed by atoms with van der Waals surface area (Å²) in [7, 11) is -2.82. The molecule has 0 heterocycles. The topological polar surface area (TPSA) is 134 Å². The number of rotatable bonds is 12. The molecule has 0 aliphatic heterocycles. The first-order valence-electron chi connectivity index (χ1n) is 11.9. The predicted octanol–water partition coefficient (Wildman–Crippen LogP) is 4.78. The molecule has 3 aromatic rings. The van der Waals surface area contributed by atoms with E-state index in [0.29, 0.717) is 28.9 Å². The van der Waals surface area contributed by atoms with Crippen molar-refractivity contribution in [2.75, 3.05) is 19.0 Å². The van der Waals surface area contributed by atoms with Gasteiger partial charge in [-0.1, -0.05) is 61.9 Å². The molecular weight excluding hydrogens is 494 g/mol. The van der Waals surface area contributed by atoms with Crippen molar-refractivity contribution in [3.05, 3.63) is 78.4 Å². The van der Waals surface area contributed by atoms with Crippen LogP contribution in [0.3, 0.4) is 0 Å². The van der Waals surface area contributed by atoms with Gasteiger partial charge in [0, 0.05) is 12.2 Å². The highest BCUT2D eigenvalue weighted by Crippen LogP contribution is 2.32. The first-order chi connectivity index (χ1) is 17.7. The molecule has 0 bridgehead atoms. The van der Waals surface area contributed by atoms with Gasteiger partial charge in [-0.15, -0.1) is 0 Å². The zero-order valence-electron chi connectivity index (χ0n) is 20.7. The van der Waals surface area contributed by atoms with Gasteiger partial charge in [-0.3, -0.25) is 4.79 Å². The Labute approximate surface area is 216 Å². The van der Waals surface area contributed by atoms with Crippen LogP contribution in [-0.2, 0) is 14.8 Å². The molecule has 0 spiro atoms. The summed E-state index contributed by atoms with van der Waals surface area (Å²) in [5.74, 6) is -1.02. The van der Waals surface area contributed by atoms with Gasteiger partial charge in [-0.2, -0.15) is 0 Å². The number of unbranched alkanes of at least 4 members (excludes halogenated alkanes) is 1. The second-order valence-electron chi connectivity index (χ2n) is 8.36. The molecule has 0 aliphatic carbocycles. The number of benzene rings is 3. The summed E-state index contributed by atoms with van der Waals surface area (Å²) in [5.41, 5.74) is 2.33. The maximum absolute atomic E-state index is 13.4. The number of nitrogens with one attached hydrogen (secondary N) is 3. The second-order valence-corrected chi connectivity index (χ2v) is 10.0. The fraction of sp³-hybridized carbons (Fsp3) is 0.259. The zero-order chi connectivity index (χ0) is 26.8. The van der Waals surface area contributed by atoms with E-state index in [9.17, 15) is 23.1 Å². The first-order valence-corrected chi connectivity index (χ1v) is 13.3. The number of carbonyl (C=O) groups excluding carboxylic acids is 1. The Bertz CT molecular complexity index is 1330. The number of anilines is 1. The van der Waals surface area contributed by atoms with Gasteiger partial charge in [-0.25, -0.2) is 17.9 Å². The minimum atomic E-state index is -4.19. The number of carboxylic acids is 1. The number of amides is 2. The van der Waals surface area contributed by atoms with Crippen molar-refractivity contribution in [2.45, 2.75) is 37.1 Å². The molecule has 196 valence electrons. The van der Waals surface area contributed by atoms with Crippen LogP contribution in [0, 0.1) is 0 Å². The number of hydrogen-bond acceptors (Lipinski definition) is 5. The first kappa shape index (κ1) is 27.7. The Morgan fingerprint density at radius 1 is 0.973 bits per heavy atom. The Balaban J connectivity index is 1.91. The standard InChI is InChI=1S/C27H31N3O6S/c1-3-4-15-28-27(33)29-22-12-8-11-20(16-22)21-13-14-24(36-2)25(17-21)37(34,35)30-23(18-26(31)32)19-9-6-5-7-10-19/h5-14,16-17,23,30H,3-4,15,18H2,1-2H3,(H,31,32)(H2,28,29,33). The average Bonchev–Trinajstić information content (AvgIpc) is 2.88. The molecule has 0 aromatic heterocycles. The molecule has 4 N–H and O–H groups in total. The van der Waals surface area contributed by atoms with Gasteiger partial charge in [0.2, 0.25) is 10.0 Å². The number of ether oxygens (including phenoxy) is 1. The molecule has 3 rings (SSSR count).